The van der Waals surface area contributed by atoms with Crippen LogP contribution in [0.4, 0.5) is 17.1 Å². The van der Waals surface area contributed by atoms with Crippen LogP contribution in [0.2, 0.25) is 0 Å². The third kappa shape index (κ3) is 3.45. The van der Waals surface area contributed by atoms with E-state index in [-0.39, 0.29) is 12.3 Å². The van der Waals surface area contributed by atoms with Gasteiger partial charge in [-0.2, -0.15) is 0 Å². The predicted molar refractivity (Wildman–Crippen MR) is 230 cm³/mol. The Morgan fingerprint density at radius 3 is 2.09 bits per heavy atom. The van der Waals surface area contributed by atoms with Crippen LogP contribution in [0, 0.1) is 0 Å². The fourth-order valence-corrected chi connectivity index (χ4v) is 10.3. The summed E-state index contributed by atoms with van der Waals surface area (Å²) >= 11 is 0. The summed E-state index contributed by atoms with van der Waals surface area (Å²) in [7, 11) is 0. The van der Waals surface area contributed by atoms with Gasteiger partial charge in [0, 0.05) is 60.3 Å². The molecule has 0 atom stereocenters. The zero-order valence-electron chi connectivity index (χ0n) is 30.2. The minimum atomic E-state index is -0.0747. The summed E-state index contributed by atoms with van der Waals surface area (Å²) in [6.07, 6.45) is 0. The number of benzene rings is 9. The zero-order valence-corrected chi connectivity index (χ0v) is 30.2. The van der Waals surface area contributed by atoms with E-state index in [9.17, 15) is 0 Å². The molecule has 0 amide bonds. The van der Waals surface area contributed by atoms with Crippen LogP contribution in [0.3, 0.4) is 0 Å². The maximum Gasteiger partial charge on any atom is 0.333 e. The SMILES string of the molecule is CC(C)(C)c1cc2ccc3c4c5c(c6ccc(c1)c2c36)N(c1ccccc1)c1cc2c(cc1B5n1c3ccccc3c3cccc-4c31)oc1ccccc12. The minimum absolute atomic E-state index is 0.0439. The molecule has 0 fully saturated rings. The second-order valence-electron chi connectivity index (χ2n) is 16.5. The van der Waals surface area contributed by atoms with Crippen molar-refractivity contribution in [3.8, 4) is 11.1 Å². The number of anilines is 3. The first-order chi connectivity index (χ1) is 26.4. The Labute approximate surface area is 312 Å². The lowest BCUT2D eigenvalue weighted by Crippen LogP contribution is -2.56. The first-order valence-electron chi connectivity index (χ1n) is 19.1. The highest BCUT2D eigenvalue weighted by Crippen LogP contribution is 2.52. The topological polar surface area (TPSA) is 21.3 Å². The molecule has 2 aliphatic heterocycles. The van der Waals surface area contributed by atoms with Gasteiger partial charge in [-0.25, -0.2) is 0 Å². The monoisotopic (exact) mass is 688 g/mol. The van der Waals surface area contributed by atoms with Crippen molar-refractivity contribution in [1.82, 2.24) is 4.48 Å². The molecule has 0 spiro atoms. The molecule has 0 saturated heterocycles. The van der Waals surface area contributed by atoms with Crippen LogP contribution in [0.1, 0.15) is 26.3 Å². The van der Waals surface area contributed by atoms with Crippen molar-refractivity contribution >= 4 is 111 Å². The van der Waals surface area contributed by atoms with Crippen molar-refractivity contribution in [2.75, 3.05) is 4.90 Å². The predicted octanol–water partition coefficient (Wildman–Crippen LogP) is 12.3. The molecule has 0 saturated carbocycles. The number of hydrogen-bond donors (Lipinski definition) is 0. The number of aromatic nitrogens is 1. The van der Waals surface area contributed by atoms with Gasteiger partial charge in [-0.1, -0.05) is 130 Å². The Hall–Kier alpha value is -6.52. The van der Waals surface area contributed by atoms with Crippen molar-refractivity contribution in [3.05, 3.63) is 151 Å². The van der Waals surface area contributed by atoms with Gasteiger partial charge in [0.1, 0.15) is 11.2 Å². The Bertz CT molecular complexity index is 3420. The van der Waals surface area contributed by atoms with Gasteiger partial charge in [0.25, 0.3) is 0 Å². The van der Waals surface area contributed by atoms with Crippen molar-refractivity contribution < 1.29 is 4.42 Å². The van der Waals surface area contributed by atoms with E-state index in [1.165, 1.54) is 93.1 Å². The molecule has 3 nitrogen and oxygen atoms in total. The van der Waals surface area contributed by atoms with E-state index in [2.05, 4.69) is 176 Å². The molecule has 9 aromatic carbocycles. The quantitative estimate of drug-likeness (QED) is 0.126. The second kappa shape index (κ2) is 9.72. The van der Waals surface area contributed by atoms with Gasteiger partial charge in [0.05, 0.1) is 5.69 Å². The number of fused-ring (bicyclic) bond motifs is 12. The number of nitrogens with zero attached hydrogens (tertiary/aromatic N) is 2. The molecule has 252 valence electrons. The normalized spacial score (nSPS) is 13.8. The van der Waals surface area contributed by atoms with Crippen molar-refractivity contribution in [3.63, 3.8) is 0 Å². The first-order valence-corrected chi connectivity index (χ1v) is 19.1. The zero-order chi connectivity index (χ0) is 35.6. The Morgan fingerprint density at radius 1 is 0.556 bits per heavy atom. The van der Waals surface area contributed by atoms with E-state index in [0.717, 1.165) is 27.6 Å². The van der Waals surface area contributed by atoms with Crippen LogP contribution in [-0.4, -0.2) is 11.3 Å². The summed E-state index contributed by atoms with van der Waals surface area (Å²) in [5.41, 5.74) is 14.7. The van der Waals surface area contributed by atoms with E-state index < -0.39 is 0 Å². The molecule has 4 heterocycles. The molecule has 0 bridgehead atoms. The average Bonchev–Trinajstić information content (AvgIpc) is 3.73. The third-order valence-corrected chi connectivity index (χ3v) is 12.6. The van der Waals surface area contributed by atoms with Crippen molar-refractivity contribution in [2.24, 2.45) is 0 Å². The molecule has 54 heavy (non-hydrogen) atoms. The van der Waals surface area contributed by atoms with Gasteiger partial charge in [-0.15, -0.1) is 0 Å². The number of rotatable bonds is 1. The fraction of sp³-hybridized carbons (Fsp3) is 0.0800. The summed E-state index contributed by atoms with van der Waals surface area (Å²) < 4.78 is 9.31. The molecule has 11 aromatic rings. The standard InChI is InChI=1S/C50H33BN2O/c1-50(2,3)30-24-28-20-22-35-45-37(23-21-29(25-30)44(28)45)49-47-46(35)36-17-11-16-34-32-14-7-9-18-40(32)53(48(34)36)51(47)39-27-43-38(33-15-8-10-19-42(33)54-43)26-41(39)52(49)31-12-5-4-6-13-31/h4-27H,1-3H3. The summed E-state index contributed by atoms with van der Waals surface area (Å²) in [4.78, 5) is 2.56. The lowest BCUT2D eigenvalue weighted by molar-refractivity contribution is 0.591. The van der Waals surface area contributed by atoms with Gasteiger partial charge in [0.15, 0.2) is 0 Å². The van der Waals surface area contributed by atoms with Crippen LogP contribution in [-0.2, 0) is 5.41 Å². The maximum absolute atomic E-state index is 6.67. The molecule has 2 aliphatic rings. The van der Waals surface area contributed by atoms with Gasteiger partial charge < -0.3 is 13.8 Å². The number of furan rings is 1. The minimum Gasteiger partial charge on any atom is -0.456 e. The van der Waals surface area contributed by atoms with Crippen LogP contribution >= 0.6 is 0 Å². The molecular weight excluding hydrogens is 655 g/mol. The molecule has 2 aromatic heterocycles. The van der Waals surface area contributed by atoms with E-state index in [1.54, 1.807) is 0 Å². The smallest absolute Gasteiger partial charge is 0.333 e. The van der Waals surface area contributed by atoms with Crippen LogP contribution in [0.5, 0.6) is 0 Å². The molecule has 0 unspecified atom stereocenters. The number of hydrogen-bond acceptors (Lipinski definition) is 2. The molecule has 0 aliphatic carbocycles. The summed E-state index contributed by atoms with van der Waals surface area (Å²) in [5, 5.41) is 12.8. The van der Waals surface area contributed by atoms with Crippen LogP contribution < -0.4 is 15.8 Å². The van der Waals surface area contributed by atoms with Gasteiger partial charge in [-0.05, 0) is 85.4 Å². The Morgan fingerprint density at radius 2 is 1.28 bits per heavy atom. The largest absolute Gasteiger partial charge is 0.456 e. The highest BCUT2D eigenvalue weighted by molar-refractivity contribution is 6.91. The van der Waals surface area contributed by atoms with E-state index in [0.29, 0.717) is 0 Å². The third-order valence-electron chi connectivity index (χ3n) is 12.6. The first kappa shape index (κ1) is 29.0. The van der Waals surface area contributed by atoms with E-state index in [4.69, 9.17) is 4.42 Å². The van der Waals surface area contributed by atoms with Crippen molar-refractivity contribution in [2.45, 2.75) is 26.2 Å². The maximum atomic E-state index is 6.67. The Balaban J connectivity index is 1.29. The van der Waals surface area contributed by atoms with Gasteiger partial charge in [0.2, 0.25) is 0 Å². The highest BCUT2D eigenvalue weighted by atomic mass is 16.3. The lowest BCUT2D eigenvalue weighted by Gasteiger charge is -2.42. The summed E-state index contributed by atoms with van der Waals surface area (Å²) in [6.45, 7) is 6.87. The van der Waals surface area contributed by atoms with Crippen molar-refractivity contribution in [1.29, 1.82) is 0 Å². The van der Waals surface area contributed by atoms with Crippen LogP contribution in [0.25, 0.3) is 87.2 Å². The lowest BCUT2D eigenvalue weighted by atomic mass is 9.44. The molecule has 0 radical (unpaired) electrons. The number of para-hydroxylation sites is 4. The second-order valence-corrected chi connectivity index (χ2v) is 16.5. The molecule has 0 N–H and O–H groups in total. The van der Waals surface area contributed by atoms with Crippen LogP contribution in [0.15, 0.2) is 150 Å². The highest BCUT2D eigenvalue weighted by Gasteiger charge is 2.45. The summed E-state index contributed by atoms with van der Waals surface area (Å²) in [6, 6.07) is 54.6. The Kier molecular flexibility index (Phi) is 5.22. The van der Waals surface area contributed by atoms with E-state index >= 15 is 0 Å². The fourth-order valence-electron chi connectivity index (χ4n) is 10.3. The van der Waals surface area contributed by atoms with E-state index in [1.807, 2.05) is 0 Å². The molecular formula is C50H33BN2O. The molecule has 4 heteroatoms. The average molecular weight is 689 g/mol. The summed E-state index contributed by atoms with van der Waals surface area (Å²) in [5.74, 6) is 0. The molecule has 13 rings (SSSR count). The van der Waals surface area contributed by atoms with Gasteiger partial charge in [-0.3, -0.25) is 0 Å². The van der Waals surface area contributed by atoms with Gasteiger partial charge >= 0.3 is 6.85 Å².